The monoisotopic (exact) mass is 466 g/mol. The molecule has 0 radical (unpaired) electrons. The number of ether oxygens (including phenoxy) is 2. The Hall–Kier alpha value is -2.87. The average molecular weight is 467 g/mol. The summed E-state index contributed by atoms with van der Waals surface area (Å²) in [6.07, 6.45) is 0. The number of benzene rings is 3. The van der Waals surface area contributed by atoms with E-state index in [0.29, 0.717) is 37.7 Å². The topological polar surface area (TPSA) is 59.1 Å². The summed E-state index contributed by atoms with van der Waals surface area (Å²) in [4.78, 5) is 2.49. The smallest absolute Gasteiger partial charge is 0.246 e. The quantitative estimate of drug-likeness (QED) is 0.525. The van der Waals surface area contributed by atoms with Crippen molar-refractivity contribution in [3.05, 3.63) is 89.5 Å². The van der Waals surface area contributed by atoms with Gasteiger partial charge in [-0.3, -0.25) is 4.90 Å². The lowest BCUT2D eigenvalue weighted by Gasteiger charge is -2.39. The van der Waals surface area contributed by atoms with Crippen LogP contribution in [0.5, 0.6) is 11.5 Å². The van der Waals surface area contributed by atoms with Crippen LogP contribution in [0.4, 0.5) is 0 Å². The molecule has 7 heteroatoms. The Kier molecular flexibility index (Phi) is 7.02. The second kappa shape index (κ2) is 9.95. The van der Waals surface area contributed by atoms with E-state index in [9.17, 15) is 8.42 Å². The number of hydrogen-bond acceptors (Lipinski definition) is 5. The Morgan fingerprint density at radius 2 is 1.27 bits per heavy atom. The van der Waals surface area contributed by atoms with Gasteiger partial charge in [-0.25, -0.2) is 8.42 Å². The van der Waals surface area contributed by atoms with Gasteiger partial charge in [0.2, 0.25) is 10.0 Å². The fourth-order valence-electron chi connectivity index (χ4n) is 4.45. The highest BCUT2D eigenvalue weighted by Gasteiger charge is 2.34. The number of methoxy groups -OCH3 is 2. The first kappa shape index (κ1) is 23.3. The summed E-state index contributed by atoms with van der Waals surface area (Å²) in [6.45, 7) is 3.91. The van der Waals surface area contributed by atoms with Gasteiger partial charge in [-0.15, -0.1) is 0 Å². The van der Waals surface area contributed by atoms with Gasteiger partial charge in [0.25, 0.3) is 0 Å². The minimum absolute atomic E-state index is 0.0752. The van der Waals surface area contributed by atoms with Gasteiger partial charge in [-0.1, -0.05) is 60.7 Å². The minimum Gasteiger partial charge on any atom is -0.496 e. The van der Waals surface area contributed by atoms with Crippen LogP contribution in [0.1, 0.15) is 22.7 Å². The van der Waals surface area contributed by atoms with E-state index >= 15 is 0 Å². The molecule has 0 spiro atoms. The van der Waals surface area contributed by atoms with Crippen molar-refractivity contribution in [2.24, 2.45) is 0 Å². The molecule has 0 unspecified atom stereocenters. The van der Waals surface area contributed by atoms with E-state index in [1.54, 1.807) is 16.4 Å². The molecule has 0 atom stereocenters. The molecule has 0 N–H and O–H groups in total. The Morgan fingerprint density at radius 1 is 0.758 bits per heavy atom. The van der Waals surface area contributed by atoms with E-state index in [1.807, 2.05) is 43.3 Å². The number of nitrogens with zero attached hydrogens (tertiary/aromatic N) is 2. The van der Waals surface area contributed by atoms with Gasteiger partial charge in [0.15, 0.2) is 0 Å². The number of piperazine rings is 1. The normalized spacial score (nSPS) is 15.5. The molecule has 0 amide bonds. The zero-order valence-corrected chi connectivity index (χ0v) is 20.1. The lowest BCUT2D eigenvalue weighted by Crippen LogP contribution is -2.49. The fraction of sp³-hybridized carbons (Fsp3) is 0.308. The molecule has 174 valence electrons. The molecule has 6 nitrogen and oxygen atoms in total. The van der Waals surface area contributed by atoms with Crippen molar-refractivity contribution in [2.75, 3.05) is 40.4 Å². The summed E-state index contributed by atoms with van der Waals surface area (Å²) in [6, 6.07) is 24.1. The second-order valence-electron chi connectivity index (χ2n) is 8.14. The van der Waals surface area contributed by atoms with E-state index < -0.39 is 10.0 Å². The van der Waals surface area contributed by atoms with Crippen LogP contribution in [0, 0.1) is 6.92 Å². The highest BCUT2D eigenvalue weighted by Crippen LogP contribution is 2.35. The zero-order chi connectivity index (χ0) is 23.4. The van der Waals surface area contributed by atoms with Crippen LogP contribution in [-0.4, -0.2) is 58.0 Å². The predicted molar refractivity (Wildman–Crippen MR) is 129 cm³/mol. The average Bonchev–Trinajstić information content (AvgIpc) is 2.85. The largest absolute Gasteiger partial charge is 0.496 e. The molecule has 0 saturated carbocycles. The molecule has 0 aromatic heterocycles. The molecular weight excluding hydrogens is 436 g/mol. The first-order chi connectivity index (χ1) is 16.0. The molecule has 1 saturated heterocycles. The molecule has 3 aromatic carbocycles. The lowest BCUT2D eigenvalue weighted by atomic mass is 9.96. The number of aryl methyl sites for hydroxylation is 1. The Labute approximate surface area is 196 Å². The van der Waals surface area contributed by atoms with Crippen molar-refractivity contribution in [2.45, 2.75) is 17.9 Å². The molecule has 4 rings (SSSR count). The minimum atomic E-state index is -3.73. The molecule has 1 aliphatic rings. The van der Waals surface area contributed by atoms with Crippen LogP contribution >= 0.6 is 0 Å². The van der Waals surface area contributed by atoms with Gasteiger partial charge in [0.05, 0.1) is 20.3 Å². The zero-order valence-electron chi connectivity index (χ0n) is 19.3. The molecule has 1 fully saturated rings. The van der Waals surface area contributed by atoms with Gasteiger partial charge in [-0.2, -0.15) is 4.31 Å². The maximum absolute atomic E-state index is 13.5. The van der Waals surface area contributed by atoms with Gasteiger partial charge < -0.3 is 9.47 Å². The third-order valence-corrected chi connectivity index (χ3v) is 8.09. The molecule has 33 heavy (non-hydrogen) atoms. The Balaban J connectivity index is 1.59. The van der Waals surface area contributed by atoms with Crippen molar-refractivity contribution in [1.29, 1.82) is 0 Å². The highest BCUT2D eigenvalue weighted by molar-refractivity contribution is 7.89. The second-order valence-corrected chi connectivity index (χ2v) is 10.0. The maximum atomic E-state index is 13.5. The summed E-state index contributed by atoms with van der Waals surface area (Å²) in [5, 5.41) is 0. The van der Waals surface area contributed by atoms with Crippen LogP contribution in [0.15, 0.2) is 77.7 Å². The number of hydrogen-bond donors (Lipinski definition) is 0. The van der Waals surface area contributed by atoms with Gasteiger partial charge in [-0.05, 0) is 29.7 Å². The molecule has 1 aliphatic heterocycles. The highest BCUT2D eigenvalue weighted by atomic mass is 32.2. The van der Waals surface area contributed by atoms with Crippen LogP contribution in [-0.2, 0) is 10.0 Å². The van der Waals surface area contributed by atoms with Gasteiger partial charge in [0, 0.05) is 32.2 Å². The van der Waals surface area contributed by atoms with Crippen LogP contribution in [0.3, 0.4) is 0 Å². The van der Waals surface area contributed by atoms with Crippen molar-refractivity contribution >= 4 is 10.0 Å². The summed E-state index contributed by atoms with van der Waals surface area (Å²) < 4.78 is 39.4. The first-order valence-corrected chi connectivity index (χ1v) is 12.5. The van der Waals surface area contributed by atoms with Crippen LogP contribution < -0.4 is 9.47 Å². The predicted octanol–water partition coefficient (Wildman–Crippen LogP) is 4.11. The van der Waals surface area contributed by atoms with Crippen molar-refractivity contribution in [1.82, 2.24) is 9.21 Å². The summed E-state index contributed by atoms with van der Waals surface area (Å²) in [5.41, 5.74) is 3.22. The van der Waals surface area contributed by atoms with Crippen LogP contribution in [0.25, 0.3) is 0 Å². The molecule has 0 bridgehead atoms. The molecule has 1 heterocycles. The number of sulfonamides is 1. The molecular formula is C26H30N2O4S. The van der Waals surface area contributed by atoms with Crippen molar-refractivity contribution in [3.8, 4) is 11.5 Å². The van der Waals surface area contributed by atoms with E-state index in [0.717, 1.165) is 5.56 Å². The molecule has 3 aromatic rings. The van der Waals surface area contributed by atoms with Crippen molar-refractivity contribution in [3.63, 3.8) is 0 Å². The summed E-state index contributed by atoms with van der Waals surface area (Å²) in [5.74, 6) is 0.864. The third kappa shape index (κ3) is 4.76. The molecule has 0 aliphatic carbocycles. The van der Waals surface area contributed by atoms with Gasteiger partial charge in [0.1, 0.15) is 16.4 Å². The Morgan fingerprint density at radius 3 is 1.76 bits per heavy atom. The van der Waals surface area contributed by atoms with E-state index in [1.165, 1.54) is 25.3 Å². The van der Waals surface area contributed by atoms with Gasteiger partial charge >= 0.3 is 0 Å². The summed E-state index contributed by atoms with van der Waals surface area (Å²) >= 11 is 0. The lowest BCUT2D eigenvalue weighted by molar-refractivity contribution is 0.155. The van der Waals surface area contributed by atoms with E-state index in [2.05, 4.69) is 29.2 Å². The Bertz CT molecular complexity index is 1140. The standard InChI is InChI=1S/C26H30N2O4S/c1-20-18-24(32-3)25(19-23(20)31-2)33(29,30)28-16-14-27(15-17-28)26(21-10-6-4-7-11-21)22-12-8-5-9-13-22/h4-13,18-19,26H,14-17H2,1-3H3. The summed E-state index contributed by atoms with van der Waals surface area (Å²) in [7, 11) is -0.703. The van der Waals surface area contributed by atoms with E-state index in [-0.39, 0.29) is 10.9 Å². The van der Waals surface area contributed by atoms with E-state index in [4.69, 9.17) is 9.47 Å². The SMILES string of the molecule is COc1cc(S(=O)(=O)N2CCN(C(c3ccccc3)c3ccccc3)CC2)c(OC)cc1C. The fourth-order valence-corrected chi connectivity index (χ4v) is 6.02. The van der Waals surface area contributed by atoms with Crippen LogP contribution in [0.2, 0.25) is 0 Å². The third-order valence-electron chi connectivity index (χ3n) is 6.17. The number of rotatable bonds is 7. The maximum Gasteiger partial charge on any atom is 0.246 e. The van der Waals surface area contributed by atoms with Crippen molar-refractivity contribution < 1.29 is 17.9 Å². The first-order valence-electron chi connectivity index (χ1n) is 11.0.